The predicted octanol–water partition coefficient (Wildman–Crippen LogP) is 2.06. The molecular weight excluding hydrogens is 188 g/mol. The Balaban J connectivity index is 3.57. The van der Waals surface area contributed by atoms with Gasteiger partial charge < -0.3 is 11.1 Å². The van der Waals surface area contributed by atoms with Crippen LogP contribution in [0.25, 0.3) is 0 Å². The number of hydrogen-bond donors (Lipinski definition) is 2. The monoisotopic (exact) mass is 214 g/mol. The second kappa shape index (κ2) is 8.72. The zero-order chi connectivity index (χ0) is 11.7. The summed E-state index contributed by atoms with van der Waals surface area (Å²) in [5.74, 6) is 0.522. The van der Waals surface area contributed by atoms with Gasteiger partial charge in [-0.15, -0.1) is 0 Å². The van der Waals surface area contributed by atoms with E-state index in [1.807, 2.05) is 6.92 Å². The van der Waals surface area contributed by atoms with Crippen LogP contribution < -0.4 is 11.1 Å². The Bertz CT molecular complexity index is 171. The van der Waals surface area contributed by atoms with Crippen molar-refractivity contribution < 1.29 is 4.79 Å². The van der Waals surface area contributed by atoms with E-state index in [0.29, 0.717) is 0 Å². The first kappa shape index (κ1) is 14.4. The molecule has 0 aromatic carbocycles. The average molecular weight is 214 g/mol. The molecule has 2 atom stereocenters. The summed E-state index contributed by atoms with van der Waals surface area (Å²) >= 11 is 0. The molecule has 90 valence electrons. The molecule has 0 saturated heterocycles. The van der Waals surface area contributed by atoms with E-state index in [1.54, 1.807) is 0 Å². The fourth-order valence-electron chi connectivity index (χ4n) is 1.65. The minimum absolute atomic E-state index is 0.200. The van der Waals surface area contributed by atoms with Gasteiger partial charge in [-0.05, 0) is 25.8 Å². The first-order chi connectivity index (χ1) is 7.11. The van der Waals surface area contributed by atoms with E-state index in [1.165, 1.54) is 25.7 Å². The SMILES string of the molecule is CCCCC(CC)CCN[C@@H](C)C(N)=O. The fourth-order valence-corrected chi connectivity index (χ4v) is 1.65. The molecule has 3 heteroatoms. The number of rotatable bonds is 9. The van der Waals surface area contributed by atoms with Crippen LogP contribution in [0.2, 0.25) is 0 Å². The van der Waals surface area contributed by atoms with Crippen molar-refractivity contribution in [2.24, 2.45) is 11.7 Å². The summed E-state index contributed by atoms with van der Waals surface area (Å²) in [5, 5.41) is 3.15. The Hall–Kier alpha value is -0.570. The first-order valence-electron chi connectivity index (χ1n) is 6.14. The maximum Gasteiger partial charge on any atom is 0.234 e. The predicted molar refractivity (Wildman–Crippen MR) is 64.6 cm³/mol. The highest BCUT2D eigenvalue weighted by molar-refractivity contribution is 5.79. The number of carbonyl (C=O) groups is 1. The highest BCUT2D eigenvalue weighted by Gasteiger charge is 2.09. The van der Waals surface area contributed by atoms with Gasteiger partial charge in [0.1, 0.15) is 0 Å². The lowest BCUT2D eigenvalue weighted by Crippen LogP contribution is -2.39. The van der Waals surface area contributed by atoms with Crippen LogP contribution in [-0.2, 0) is 4.79 Å². The van der Waals surface area contributed by atoms with E-state index in [-0.39, 0.29) is 11.9 Å². The third kappa shape index (κ3) is 7.37. The lowest BCUT2D eigenvalue weighted by molar-refractivity contribution is -0.119. The summed E-state index contributed by atoms with van der Waals surface area (Å²) < 4.78 is 0. The van der Waals surface area contributed by atoms with Crippen LogP contribution in [0.1, 0.15) is 52.9 Å². The summed E-state index contributed by atoms with van der Waals surface area (Å²) in [6, 6.07) is -0.200. The van der Waals surface area contributed by atoms with Crippen LogP contribution in [0.3, 0.4) is 0 Å². The van der Waals surface area contributed by atoms with Gasteiger partial charge in [0.15, 0.2) is 0 Å². The molecule has 1 unspecified atom stereocenters. The van der Waals surface area contributed by atoms with Gasteiger partial charge in [-0.2, -0.15) is 0 Å². The summed E-state index contributed by atoms with van der Waals surface area (Å²) in [4.78, 5) is 10.8. The molecule has 0 aliphatic rings. The molecule has 0 aliphatic heterocycles. The third-order valence-corrected chi connectivity index (χ3v) is 2.97. The molecule has 3 nitrogen and oxygen atoms in total. The largest absolute Gasteiger partial charge is 0.368 e. The summed E-state index contributed by atoms with van der Waals surface area (Å²) in [5.41, 5.74) is 5.16. The number of carbonyl (C=O) groups excluding carboxylic acids is 1. The highest BCUT2D eigenvalue weighted by Crippen LogP contribution is 2.15. The van der Waals surface area contributed by atoms with Crippen molar-refractivity contribution >= 4 is 5.91 Å². The van der Waals surface area contributed by atoms with Gasteiger partial charge in [0.2, 0.25) is 5.91 Å². The van der Waals surface area contributed by atoms with Crippen molar-refractivity contribution in [3.63, 3.8) is 0 Å². The normalized spacial score (nSPS) is 14.9. The third-order valence-electron chi connectivity index (χ3n) is 2.97. The number of hydrogen-bond acceptors (Lipinski definition) is 2. The van der Waals surface area contributed by atoms with E-state index < -0.39 is 0 Å². The van der Waals surface area contributed by atoms with Gasteiger partial charge in [0.05, 0.1) is 6.04 Å². The Kier molecular flexibility index (Phi) is 8.38. The van der Waals surface area contributed by atoms with Crippen molar-refractivity contribution in [3.05, 3.63) is 0 Å². The topological polar surface area (TPSA) is 55.1 Å². The van der Waals surface area contributed by atoms with Crippen LogP contribution in [0.5, 0.6) is 0 Å². The lowest BCUT2D eigenvalue weighted by Gasteiger charge is -2.16. The smallest absolute Gasteiger partial charge is 0.234 e. The molecule has 0 fully saturated rings. The highest BCUT2D eigenvalue weighted by atomic mass is 16.1. The van der Waals surface area contributed by atoms with Crippen LogP contribution in [0, 0.1) is 5.92 Å². The molecule has 0 aromatic rings. The van der Waals surface area contributed by atoms with E-state index in [4.69, 9.17) is 5.73 Å². The molecule has 1 amide bonds. The van der Waals surface area contributed by atoms with Crippen LogP contribution in [0.4, 0.5) is 0 Å². The molecular formula is C12H26N2O. The van der Waals surface area contributed by atoms with Gasteiger partial charge in [-0.3, -0.25) is 4.79 Å². The Labute approximate surface area is 93.8 Å². The van der Waals surface area contributed by atoms with E-state index in [9.17, 15) is 4.79 Å². The van der Waals surface area contributed by atoms with Gasteiger partial charge in [-0.1, -0.05) is 39.5 Å². The van der Waals surface area contributed by atoms with Crippen LogP contribution in [-0.4, -0.2) is 18.5 Å². The lowest BCUT2D eigenvalue weighted by atomic mass is 9.96. The number of unbranched alkanes of at least 4 members (excludes halogenated alkanes) is 1. The Morgan fingerprint density at radius 1 is 1.33 bits per heavy atom. The molecule has 0 aromatic heterocycles. The minimum atomic E-state index is -0.267. The number of primary amides is 1. The van der Waals surface area contributed by atoms with Gasteiger partial charge in [0, 0.05) is 0 Å². The summed E-state index contributed by atoms with van der Waals surface area (Å²) in [6.45, 7) is 7.17. The quantitative estimate of drug-likeness (QED) is 0.617. The molecule has 0 spiro atoms. The minimum Gasteiger partial charge on any atom is -0.368 e. The summed E-state index contributed by atoms with van der Waals surface area (Å²) in [6.07, 6.45) is 6.26. The van der Waals surface area contributed by atoms with Gasteiger partial charge >= 0.3 is 0 Å². The number of nitrogens with one attached hydrogen (secondary N) is 1. The Morgan fingerprint density at radius 3 is 2.47 bits per heavy atom. The zero-order valence-corrected chi connectivity index (χ0v) is 10.4. The maximum absolute atomic E-state index is 10.8. The van der Waals surface area contributed by atoms with Crippen LogP contribution >= 0.6 is 0 Å². The second-order valence-corrected chi connectivity index (χ2v) is 4.28. The molecule has 0 rings (SSSR count). The molecule has 15 heavy (non-hydrogen) atoms. The van der Waals surface area contributed by atoms with Gasteiger partial charge in [0.25, 0.3) is 0 Å². The fraction of sp³-hybridized carbons (Fsp3) is 0.917. The van der Waals surface area contributed by atoms with E-state index >= 15 is 0 Å². The van der Waals surface area contributed by atoms with Gasteiger partial charge in [-0.25, -0.2) is 0 Å². The molecule has 0 saturated carbocycles. The average Bonchev–Trinajstić information content (AvgIpc) is 2.22. The van der Waals surface area contributed by atoms with Crippen LogP contribution in [0.15, 0.2) is 0 Å². The van der Waals surface area contributed by atoms with E-state index in [0.717, 1.165) is 18.9 Å². The number of amides is 1. The maximum atomic E-state index is 10.8. The zero-order valence-electron chi connectivity index (χ0n) is 10.4. The Morgan fingerprint density at radius 2 is 2.00 bits per heavy atom. The van der Waals surface area contributed by atoms with Crippen molar-refractivity contribution in [2.45, 2.75) is 58.9 Å². The first-order valence-corrected chi connectivity index (χ1v) is 6.14. The molecule has 0 radical (unpaired) electrons. The standard InChI is InChI=1S/C12H26N2O/c1-4-6-7-11(5-2)8-9-14-10(3)12(13)15/h10-11,14H,4-9H2,1-3H3,(H2,13,15)/t10-,11?/m0/s1. The molecule has 0 heterocycles. The van der Waals surface area contributed by atoms with Crippen molar-refractivity contribution in [1.29, 1.82) is 0 Å². The number of nitrogens with two attached hydrogens (primary N) is 1. The molecule has 0 aliphatic carbocycles. The van der Waals surface area contributed by atoms with E-state index in [2.05, 4.69) is 19.2 Å². The molecule has 3 N–H and O–H groups in total. The summed E-state index contributed by atoms with van der Waals surface area (Å²) in [7, 11) is 0. The van der Waals surface area contributed by atoms with Crippen molar-refractivity contribution in [2.75, 3.05) is 6.54 Å². The molecule has 0 bridgehead atoms. The van der Waals surface area contributed by atoms with Crippen molar-refractivity contribution in [3.8, 4) is 0 Å². The second-order valence-electron chi connectivity index (χ2n) is 4.28. The van der Waals surface area contributed by atoms with Crippen molar-refractivity contribution in [1.82, 2.24) is 5.32 Å².